The maximum absolute atomic E-state index is 9.96. The highest BCUT2D eigenvalue weighted by Crippen LogP contribution is 2.25. The van der Waals surface area contributed by atoms with E-state index in [1.165, 1.54) is 6.33 Å². The van der Waals surface area contributed by atoms with Crippen LogP contribution in [-0.2, 0) is 13.1 Å². The molecule has 2 aliphatic rings. The number of rotatable bonds is 7. The number of hydrogen-bond donors (Lipinski definition) is 3. The van der Waals surface area contributed by atoms with Gasteiger partial charge in [-0.3, -0.25) is 0 Å². The van der Waals surface area contributed by atoms with Gasteiger partial charge in [0, 0.05) is 13.2 Å². The molecule has 0 aromatic heterocycles. The van der Waals surface area contributed by atoms with Gasteiger partial charge in [0.25, 0.3) is 0 Å². The lowest BCUT2D eigenvalue weighted by molar-refractivity contribution is 0.117. The van der Waals surface area contributed by atoms with Crippen LogP contribution in [0.4, 0.5) is 5.82 Å². The lowest BCUT2D eigenvalue weighted by atomic mass is 10.2. The van der Waals surface area contributed by atoms with Gasteiger partial charge >= 0.3 is 0 Å². The summed E-state index contributed by atoms with van der Waals surface area (Å²) >= 11 is 0. The van der Waals surface area contributed by atoms with Gasteiger partial charge in [-0.05, 0) is 12.0 Å². The number of nitrogens with one attached hydrogen (secondary N) is 1. The standard InChI is InChI=1S/C16H19N5O2/c22-7-6-13(23)9-21-11-20-15-14(18-10-19-15)16(21)17-8-12-4-2-1-3-5-12/h1-5,10-11,13,17,22-23H,6-9H2. The van der Waals surface area contributed by atoms with E-state index in [0.29, 0.717) is 31.0 Å². The summed E-state index contributed by atoms with van der Waals surface area (Å²) < 4.78 is 1.81. The van der Waals surface area contributed by atoms with Crippen molar-refractivity contribution in [2.45, 2.75) is 25.6 Å². The normalized spacial score (nSPS) is 12.4. The summed E-state index contributed by atoms with van der Waals surface area (Å²) in [5.41, 5.74) is 1.80. The van der Waals surface area contributed by atoms with E-state index in [4.69, 9.17) is 5.11 Å². The number of benzene rings is 1. The number of aromatic nitrogens is 4. The average Bonchev–Trinajstić information content (AvgIpc) is 3.03. The molecule has 1 unspecified atom stereocenters. The van der Waals surface area contributed by atoms with E-state index in [9.17, 15) is 5.11 Å². The minimum atomic E-state index is -0.649. The lowest BCUT2D eigenvalue weighted by Crippen LogP contribution is -2.21. The molecular formula is C16H19N5O2. The quantitative estimate of drug-likeness (QED) is 0.605. The van der Waals surface area contributed by atoms with Gasteiger partial charge in [0.15, 0.2) is 5.82 Å². The summed E-state index contributed by atoms with van der Waals surface area (Å²) in [5.74, 6) is 1.32. The minimum absolute atomic E-state index is 0.0552. The third-order valence-corrected chi connectivity index (χ3v) is 3.58. The zero-order valence-corrected chi connectivity index (χ0v) is 12.6. The summed E-state index contributed by atoms with van der Waals surface area (Å²) in [6.45, 7) is 0.900. The summed E-state index contributed by atoms with van der Waals surface area (Å²) in [7, 11) is 0. The van der Waals surface area contributed by atoms with Crippen molar-refractivity contribution in [3.63, 3.8) is 0 Å². The maximum Gasteiger partial charge on any atom is 0.184 e. The Balaban J connectivity index is 1.85. The van der Waals surface area contributed by atoms with Gasteiger partial charge in [-0.25, -0.2) is 15.0 Å². The second-order valence-electron chi connectivity index (χ2n) is 5.30. The van der Waals surface area contributed by atoms with Crippen molar-refractivity contribution in [3.8, 4) is 11.5 Å². The van der Waals surface area contributed by atoms with Crippen molar-refractivity contribution < 1.29 is 10.2 Å². The highest BCUT2D eigenvalue weighted by molar-refractivity contribution is 5.67. The Morgan fingerprint density at radius 2 is 1.96 bits per heavy atom. The first-order chi connectivity index (χ1) is 11.3. The Hall–Kier alpha value is -2.51. The molecule has 0 amide bonds. The first kappa shape index (κ1) is 15.4. The molecule has 0 saturated heterocycles. The molecule has 0 fully saturated rings. The van der Waals surface area contributed by atoms with Crippen LogP contribution in [0.3, 0.4) is 0 Å². The zero-order valence-electron chi connectivity index (χ0n) is 12.6. The van der Waals surface area contributed by atoms with Crippen LogP contribution in [0.15, 0.2) is 43.0 Å². The van der Waals surface area contributed by atoms with Gasteiger partial charge < -0.3 is 20.1 Å². The van der Waals surface area contributed by atoms with Crippen molar-refractivity contribution in [1.82, 2.24) is 19.5 Å². The Morgan fingerprint density at radius 3 is 2.74 bits per heavy atom. The largest absolute Gasteiger partial charge is 0.396 e. The average molecular weight is 313 g/mol. The second-order valence-corrected chi connectivity index (χ2v) is 5.30. The maximum atomic E-state index is 9.96. The molecule has 2 heterocycles. The predicted molar refractivity (Wildman–Crippen MR) is 85.9 cm³/mol. The van der Waals surface area contributed by atoms with Crippen LogP contribution in [0.5, 0.6) is 0 Å². The molecule has 3 rings (SSSR count). The zero-order chi connectivity index (χ0) is 16.1. The molecule has 0 bridgehead atoms. The van der Waals surface area contributed by atoms with Crippen LogP contribution in [0, 0.1) is 0 Å². The van der Waals surface area contributed by atoms with Crippen LogP contribution in [-0.4, -0.2) is 42.4 Å². The fourth-order valence-corrected chi connectivity index (χ4v) is 2.41. The number of hydrogen-bond acceptors (Lipinski definition) is 6. The van der Waals surface area contributed by atoms with Crippen molar-refractivity contribution >= 4 is 5.82 Å². The van der Waals surface area contributed by atoms with E-state index < -0.39 is 6.10 Å². The van der Waals surface area contributed by atoms with Gasteiger partial charge in [-0.2, -0.15) is 0 Å². The van der Waals surface area contributed by atoms with Crippen molar-refractivity contribution in [2.24, 2.45) is 0 Å². The molecule has 7 heteroatoms. The van der Waals surface area contributed by atoms with Gasteiger partial charge in [0.1, 0.15) is 17.8 Å². The van der Waals surface area contributed by atoms with Crippen molar-refractivity contribution in [1.29, 1.82) is 0 Å². The molecule has 0 radical (unpaired) electrons. The van der Waals surface area contributed by atoms with E-state index in [1.54, 1.807) is 10.9 Å². The molecule has 1 atom stereocenters. The molecule has 7 nitrogen and oxygen atoms in total. The van der Waals surface area contributed by atoms with Gasteiger partial charge in [-0.15, -0.1) is 0 Å². The molecule has 120 valence electrons. The van der Waals surface area contributed by atoms with Crippen LogP contribution in [0.25, 0.3) is 11.5 Å². The van der Waals surface area contributed by atoms with Gasteiger partial charge in [-0.1, -0.05) is 30.3 Å². The molecule has 2 aliphatic heterocycles. The summed E-state index contributed by atoms with van der Waals surface area (Å²) in [4.78, 5) is 12.6. The number of imidazole rings is 1. The van der Waals surface area contributed by atoms with E-state index in [2.05, 4.69) is 20.3 Å². The number of aliphatic hydroxyl groups excluding tert-OH is 2. The van der Waals surface area contributed by atoms with Crippen molar-refractivity contribution in [2.75, 3.05) is 11.9 Å². The number of fused-ring (bicyclic) bond motifs is 1. The SMILES string of the molecule is OCCC(O)Cn1cnc2ncnc-2c1NCc1ccccc1. The van der Waals surface area contributed by atoms with Crippen LogP contribution < -0.4 is 5.32 Å². The molecule has 0 saturated carbocycles. The van der Waals surface area contributed by atoms with E-state index in [-0.39, 0.29) is 6.61 Å². The van der Waals surface area contributed by atoms with E-state index in [0.717, 1.165) is 11.4 Å². The van der Waals surface area contributed by atoms with E-state index >= 15 is 0 Å². The first-order valence-corrected chi connectivity index (χ1v) is 7.50. The van der Waals surface area contributed by atoms with Gasteiger partial charge in [0.2, 0.25) is 0 Å². The summed E-state index contributed by atoms with van der Waals surface area (Å²) in [5, 5.41) is 22.3. The molecule has 1 aromatic carbocycles. The van der Waals surface area contributed by atoms with E-state index in [1.807, 2.05) is 30.3 Å². The molecule has 1 aromatic rings. The first-order valence-electron chi connectivity index (χ1n) is 7.50. The molecule has 23 heavy (non-hydrogen) atoms. The lowest BCUT2D eigenvalue weighted by Gasteiger charge is -2.19. The van der Waals surface area contributed by atoms with Crippen LogP contribution in [0.1, 0.15) is 12.0 Å². The topological polar surface area (TPSA) is 96.1 Å². The third-order valence-electron chi connectivity index (χ3n) is 3.58. The third kappa shape index (κ3) is 3.64. The summed E-state index contributed by atoms with van der Waals surface area (Å²) in [6.07, 6.45) is 2.77. The smallest absolute Gasteiger partial charge is 0.184 e. The Bertz CT molecular complexity index is 716. The molecular weight excluding hydrogens is 294 g/mol. The van der Waals surface area contributed by atoms with Crippen LogP contribution >= 0.6 is 0 Å². The van der Waals surface area contributed by atoms with Gasteiger partial charge in [0.05, 0.1) is 19.0 Å². The second kappa shape index (κ2) is 7.17. The summed E-state index contributed by atoms with van der Waals surface area (Å²) in [6, 6.07) is 10.0. The molecule has 0 aliphatic carbocycles. The molecule has 0 spiro atoms. The minimum Gasteiger partial charge on any atom is -0.396 e. The number of aliphatic hydroxyl groups is 2. The number of nitrogens with zero attached hydrogens (tertiary/aromatic N) is 4. The highest BCUT2D eigenvalue weighted by atomic mass is 16.3. The van der Waals surface area contributed by atoms with Crippen molar-refractivity contribution in [3.05, 3.63) is 48.5 Å². The Kier molecular flexibility index (Phi) is 4.80. The Morgan fingerprint density at radius 1 is 1.13 bits per heavy atom. The monoisotopic (exact) mass is 313 g/mol. The number of anilines is 1. The molecule has 3 N–H and O–H groups in total. The fourth-order valence-electron chi connectivity index (χ4n) is 2.41. The predicted octanol–water partition coefficient (Wildman–Crippen LogP) is 1.13. The highest BCUT2D eigenvalue weighted by Gasteiger charge is 2.17. The Labute approximate surface area is 134 Å². The van der Waals surface area contributed by atoms with Crippen LogP contribution in [0.2, 0.25) is 0 Å². The fraction of sp³-hybridized carbons (Fsp3) is 0.312.